The van der Waals surface area contributed by atoms with Crippen molar-refractivity contribution < 1.29 is 17.9 Å². The van der Waals surface area contributed by atoms with E-state index in [1.165, 1.54) is 17.0 Å². The molecule has 1 aromatic rings. The van der Waals surface area contributed by atoms with Gasteiger partial charge in [0.1, 0.15) is 11.5 Å². The molecule has 0 radical (unpaired) electrons. The Morgan fingerprint density at radius 2 is 2.00 bits per heavy atom. The fourth-order valence-electron chi connectivity index (χ4n) is 2.88. The molecule has 12 heteroatoms. The van der Waals surface area contributed by atoms with Gasteiger partial charge in [-0.3, -0.25) is 9.73 Å². The van der Waals surface area contributed by atoms with Gasteiger partial charge in [-0.1, -0.05) is 0 Å². The Morgan fingerprint density at radius 3 is 2.62 bits per heavy atom. The molecule has 29 heavy (non-hydrogen) atoms. The molecule has 4 rings (SSSR count). The van der Waals surface area contributed by atoms with Crippen LogP contribution >= 0.6 is 11.9 Å². The van der Waals surface area contributed by atoms with E-state index in [2.05, 4.69) is 26.7 Å². The van der Waals surface area contributed by atoms with Crippen molar-refractivity contribution >= 4 is 17.6 Å². The first-order valence-corrected chi connectivity index (χ1v) is 10.0. The predicted octanol–water partition coefficient (Wildman–Crippen LogP) is 1.67. The van der Waals surface area contributed by atoms with Gasteiger partial charge in [-0.2, -0.15) is 8.78 Å². The molecule has 0 spiro atoms. The van der Waals surface area contributed by atoms with Gasteiger partial charge in [0, 0.05) is 23.5 Å². The van der Waals surface area contributed by atoms with Crippen LogP contribution in [0.2, 0.25) is 0 Å². The predicted molar refractivity (Wildman–Crippen MR) is 103 cm³/mol. The third-order valence-electron chi connectivity index (χ3n) is 4.94. The zero-order chi connectivity index (χ0) is 20.6. The Bertz CT molecular complexity index is 860. The van der Waals surface area contributed by atoms with E-state index in [-0.39, 0.29) is 17.1 Å². The van der Waals surface area contributed by atoms with Crippen molar-refractivity contribution in [2.75, 3.05) is 26.3 Å². The highest BCUT2D eigenvalue weighted by atomic mass is 32.2. The zero-order valence-electron chi connectivity index (χ0n) is 15.9. The van der Waals surface area contributed by atoms with E-state index in [0.29, 0.717) is 32.0 Å². The summed E-state index contributed by atoms with van der Waals surface area (Å²) in [5.74, 6) is 6.10. The molecule has 1 saturated carbocycles. The highest BCUT2D eigenvalue weighted by molar-refractivity contribution is 8.01. The van der Waals surface area contributed by atoms with Gasteiger partial charge >= 0.3 is 6.43 Å². The number of alkyl halides is 2. The van der Waals surface area contributed by atoms with Gasteiger partial charge in [-0.15, -0.1) is 10.2 Å². The van der Waals surface area contributed by atoms with Crippen LogP contribution in [0.4, 0.5) is 8.78 Å². The summed E-state index contributed by atoms with van der Waals surface area (Å²) in [7, 11) is 0. The minimum absolute atomic E-state index is 0.0292. The van der Waals surface area contributed by atoms with Gasteiger partial charge in [0.25, 0.3) is 11.8 Å². The van der Waals surface area contributed by atoms with Crippen molar-refractivity contribution in [3.8, 4) is 0 Å². The van der Waals surface area contributed by atoms with E-state index in [1.807, 2.05) is 6.08 Å². The second kappa shape index (κ2) is 7.94. The van der Waals surface area contributed by atoms with Crippen LogP contribution in [0.15, 0.2) is 33.0 Å². The summed E-state index contributed by atoms with van der Waals surface area (Å²) < 4.78 is 39.5. The maximum Gasteiger partial charge on any atom is 0.314 e. The van der Waals surface area contributed by atoms with Crippen molar-refractivity contribution in [1.29, 1.82) is 0 Å². The minimum Gasteiger partial charge on any atom is -0.414 e. The molecule has 1 saturated heterocycles. The Balaban J connectivity index is 1.66. The molecule has 2 aliphatic heterocycles. The molecule has 3 aliphatic rings. The summed E-state index contributed by atoms with van der Waals surface area (Å²) in [5, 5.41) is 8.39. The molecule has 0 aromatic carbocycles. The molecule has 5 N–H and O–H groups in total. The first-order chi connectivity index (χ1) is 13.9. The Hall–Kier alpha value is -2.15. The maximum absolute atomic E-state index is 12.8. The van der Waals surface area contributed by atoms with E-state index in [4.69, 9.17) is 20.7 Å². The SMILES string of the molecule is CC1(NSC2=C/C(=C(/N)c3nnc(C(F)F)o3)N(N)C(N3CCOCC3)=C2)CC1. The topological polar surface area (TPSA) is 119 Å². The number of allylic oxidation sites excluding steroid dienone is 2. The van der Waals surface area contributed by atoms with Gasteiger partial charge in [0.2, 0.25) is 0 Å². The standard InChI is InChI=1S/C17H23F2N7O2S/c1-17(2-3-17)24-29-10-8-11(13(20)15-22-23-16(28-15)14(18)19)26(21)12(9-10)25-4-6-27-7-5-25/h8-9,14,24H,2-7,20-21H2,1H3/b13-11-. The first kappa shape index (κ1) is 20.1. The van der Waals surface area contributed by atoms with Gasteiger partial charge in [0.05, 0.1) is 18.9 Å². The van der Waals surface area contributed by atoms with Crippen LogP contribution in [0.5, 0.6) is 0 Å². The lowest BCUT2D eigenvalue weighted by Crippen LogP contribution is -2.45. The molecule has 1 aliphatic carbocycles. The smallest absolute Gasteiger partial charge is 0.314 e. The zero-order valence-corrected chi connectivity index (χ0v) is 16.7. The van der Waals surface area contributed by atoms with E-state index in [1.54, 1.807) is 6.08 Å². The molecule has 0 unspecified atom stereocenters. The second-order valence-corrected chi connectivity index (χ2v) is 8.21. The molecule has 1 aromatic heterocycles. The number of rotatable bonds is 6. The fraction of sp³-hybridized carbons (Fsp3) is 0.529. The summed E-state index contributed by atoms with van der Waals surface area (Å²) in [6, 6.07) is 0. The van der Waals surface area contributed by atoms with Crippen LogP contribution in [0.3, 0.4) is 0 Å². The molecule has 2 fully saturated rings. The van der Waals surface area contributed by atoms with Crippen LogP contribution in [-0.2, 0) is 4.74 Å². The van der Waals surface area contributed by atoms with Crippen LogP contribution in [0.1, 0.15) is 38.0 Å². The lowest BCUT2D eigenvalue weighted by Gasteiger charge is -2.38. The second-order valence-electron chi connectivity index (χ2n) is 7.33. The summed E-state index contributed by atoms with van der Waals surface area (Å²) >= 11 is 1.48. The summed E-state index contributed by atoms with van der Waals surface area (Å²) in [5.41, 5.74) is 6.73. The summed E-state index contributed by atoms with van der Waals surface area (Å²) in [4.78, 5) is 2.97. The van der Waals surface area contributed by atoms with E-state index in [9.17, 15) is 8.78 Å². The molecule has 158 valence electrons. The normalized spacial score (nSPS) is 23.2. The van der Waals surface area contributed by atoms with Crippen molar-refractivity contribution in [2.24, 2.45) is 11.6 Å². The average Bonchev–Trinajstić information content (AvgIpc) is 3.25. The lowest BCUT2D eigenvalue weighted by molar-refractivity contribution is 0.0410. The third-order valence-corrected chi connectivity index (χ3v) is 6.01. The van der Waals surface area contributed by atoms with Crippen LogP contribution in [0.25, 0.3) is 5.70 Å². The van der Waals surface area contributed by atoms with E-state index in [0.717, 1.165) is 23.6 Å². The number of hydrazine groups is 1. The Labute approximate surface area is 170 Å². The third kappa shape index (κ3) is 4.39. The largest absolute Gasteiger partial charge is 0.414 e. The molecule has 0 bridgehead atoms. The van der Waals surface area contributed by atoms with E-state index >= 15 is 0 Å². The first-order valence-electron chi connectivity index (χ1n) is 9.23. The van der Waals surface area contributed by atoms with E-state index < -0.39 is 12.3 Å². The summed E-state index contributed by atoms with van der Waals surface area (Å²) in [6.07, 6.45) is 3.08. The van der Waals surface area contributed by atoms with Crippen molar-refractivity contribution in [1.82, 2.24) is 24.8 Å². The molecular formula is C17H23F2N7O2S. The number of aromatic nitrogens is 2. The summed E-state index contributed by atoms with van der Waals surface area (Å²) in [6.45, 7) is 4.67. The molecule has 9 nitrogen and oxygen atoms in total. The van der Waals surface area contributed by atoms with Gasteiger partial charge in [-0.05, 0) is 43.9 Å². The fourth-order valence-corrected chi connectivity index (χ4v) is 3.78. The monoisotopic (exact) mass is 427 g/mol. The number of morpholine rings is 1. The molecule has 3 heterocycles. The van der Waals surface area contributed by atoms with Crippen molar-refractivity contribution in [2.45, 2.75) is 31.7 Å². The number of ether oxygens (including phenoxy) is 1. The number of halogens is 2. The average molecular weight is 427 g/mol. The van der Waals surface area contributed by atoms with Crippen molar-refractivity contribution in [3.63, 3.8) is 0 Å². The Kier molecular flexibility index (Phi) is 5.51. The van der Waals surface area contributed by atoms with Crippen LogP contribution in [-0.4, -0.2) is 51.9 Å². The Morgan fingerprint density at radius 1 is 1.28 bits per heavy atom. The van der Waals surface area contributed by atoms with Gasteiger partial charge in [-0.25, -0.2) is 5.84 Å². The number of nitrogens with one attached hydrogen (secondary N) is 1. The molecule has 0 atom stereocenters. The number of hydrogen-bond donors (Lipinski definition) is 3. The number of nitrogens with two attached hydrogens (primary N) is 2. The molecule has 0 amide bonds. The van der Waals surface area contributed by atoms with Gasteiger partial charge in [0.15, 0.2) is 0 Å². The van der Waals surface area contributed by atoms with Crippen LogP contribution in [0, 0.1) is 0 Å². The van der Waals surface area contributed by atoms with Crippen LogP contribution < -0.4 is 16.3 Å². The number of nitrogens with zero attached hydrogens (tertiary/aromatic N) is 4. The quantitative estimate of drug-likeness (QED) is 0.457. The molecular weight excluding hydrogens is 404 g/mol. The minimum atomic E-state index is -2.87. The highest BCUT2D eigenvalue weighted by Crippen LogP contribution is 2.39. The lowest BCUT2D eigenvalue weighted by atomic mass is 10.2. The van der Waals surface area contributed by atoms with Gasteiger partial charge < -0.3 is 19.8 Å². The highest BCUT2D eigenvalue weighted by Gasteiger charge is 2.37. The maximum atomic E-state index is 12.8. The van der Waals surface area contributed by atoms with Crippen molar-refractivity contribution in [3.05, 3.63) is 40.4 Å². The number of hydrogen-bond acceptors (Lipinski definition) is 10.